The van der Waals surface area contributed by atoms with Crippen molar-refractivity contribution in [3.8, 4) is 0 Å². The number of nitrogens with zero attached hydrogens (tertiary/aromatic N) is 3. The largest absolute Gasteiger partial charge is 0.378 e. The summed E-state index contributed by atoms with van der Waals surface area (Å²) in [5.41, 5.74) is 5.45. The third kappa shape index (κ3) is 3.63. The van der Waals surface area contributed by atoms with Crippen LogP contribution in [0.4, 0.5) is 5.82 Å². The Kier molecular flexibility index (Phi) is 5.34. The first-order chi connectivity index (χ1) is 8.81. The molecule has 1 saturated heterocycles. The number of nitrogens with two attached hydrogens (primary N) is 1. The summed E-state index contributed by atoms with van der Waals surface area (Å²) >= 11 is 3.49. The fourth-order valence-corrected chi connectivity index (χ4v) is 2.58. The smallest absolute Gasteiger partial charge is 0.146 e. The Hall–Kier alpha value is -0.720. The SMILES string of the molecule is NCCCOC1CCN(c2ncncc2Br)CC1. The molecular formula is C12H19BrN4O. The first kappa shape index (κ1) is 13.7. The summed E-state index contributed by atoms with van der Waals surface area (Å²) in [6.07, 6.45) is 6.77. The van der Waals surface area contributed by atoms with Crippen LogP contribution in [0.15, 0.2) is 17.0 Å². The Balaban J connectivity index is 1.81. The van der Waals surface area contributed by atoms with Crippen LogP contribution < -0.4 is 10.6 Å². The standard InChI is InChI=1S/C12H19BrN4O/c13-11-8-15-9-16-12(11)17-5-2-10(3-6-17)18-7-1-4-14/h8-10H,1-7,14H2. The van der Waals surface area contributed by atoms with Gasteiger partial charge < -0.3 is 15.4 Å². The number of rotatable bonds is 5. The van der Waals surface area contributed by atoms with Crippen molar-refractivity contribution in [2.24, 2.45) is 5.73 Å². The summed E-state index contributed by atoms with van der Waals surface area (Å²) < 4.78 is 6.74. The van der Waals surface area contributed by atoms with E-state index in [-0.39, 0.29) is 0 Å². The van der Waals surface area contributed by atoms with Crippen LogP contribution in [0.2, 0.25) is 0 Å². The van der Waals surface area contributed by atoms with Crippen molar-refractivity contribution >= 4 is 21.7 Å². The molecule has 0 saturated carbocycles. The van der Waals surface area contributed by atoms with Gasteiger partial charge in [-0.15, -0.1) is 0 Å². The van der Waals surface area contributed by atoms with E-state index in [9.17, 15) is 0 Å². The zero-order valence-electron chi connectivity index (χ0n) is 10.4. The number of halogens is 1. The fourth-order valence-electron chi connectivity index (χ4n) is 2.11. The van der Waals surface area contributed by atoms with Crippen LogP contribution in [0, 0.1) is 0 Å². The third-order valence-corrected chi connectivity index (χ3v) is 3.65. The molecule has 2 heterocycles. The normalized spacial score (nSPS) is 17.1. The summed E-state index contributed by atoms with van der Waals surface area (Å²) in [4.78, 5) is 10.6. The molecule has 0 aliphatic carbocycles. The number of piperidine rings is 1. The summed E-state index contributed by atoms with van der Waals surface area (Å²) in [7, 11) is 0. The number of hydrogen-bond acceptors (Lipinski definition) is 5. The van der Waals surface area contributed by atoms with Gasteiger partial charge in [-0.05, 0) is 41.7 Å². The van der Waals surface area contributed by atoms with Gasteiger partial charge in [0, 0.05) is 25.9 Å². The maximum absolute atomic E-state index is 5.79. The minimum absolute atomic E-state index is 0.369. The predicted molar refractivity (Wildman–Crippen MR) is 74.6 cm³/mol. The highest BCUT2D eigenvalue weighted by molar-refractivity contribution is 9.10. The number of ether oxygens (including phenoxy) is 1. The Morgan fingerprint density at radius 1 is 1.44 bits per heavy atom. The highest BCUT2D eigenvalue weighted by Gasteiger charge is 2.21. The van der Waals surface area contributed by atoms with Gasteiger partial charge in [-0.2, -0.15) is 0 Å². The van der Waals surface area contributed by atoms with Crippen molar-refractivity contribution in [2.75, 3.05) is 31.1 Å². The molecule has 1 aliphatic heterocycles. The van der Waals surface area contributed by atoms with Gasteiger partial charge in [-0.3, -0.25) is 0 Å². The lowest BCUT2D eigenvalue weighted by molar-refractivity contribution is 0.0365. The summed E-state index contributed by atoms with van der Waals surface area (Å²) in [6, 6.07) is 0. The second-order valence-corrected chi connectivity index (χ2v) is 5.25. The molecule has 1 fully saturated rings. The molecule has 1 aromatic rings. The molecule has 0 amide bonds. The van der Waals surface area contributed by atoms with E-state index >= 15 is 0 Å². The van der Waals surface area contributed by atoms with E-state index in [0.29, 0.717) is 12.6 Å². The zero-order valence-corrected chi connectivity index (χ0v) is 12.0. The van der Waals surface area contributed by atoms with Crippen LogP contribution in [0.1, 0.15) is 19.3 Å². The lowest BCUT2D eigenvalue weighted by Crippen LogP contribution is -2.38. The van der Waals surface area contributed by atoms with E-state index in [1.165, 1.54) is 0 Å². The Labute approximate surface area is 116 Å². The van der Waals surface area contributed by atoms with Crippen LogP contribution in [0.3, 0.4) is 0 Å². The highest BCUT2D eigenvalue weighted by atomic mass is 79.9. The second-order valence-electron chi connectivity index (χ2n) is 4.39. The number of anilines is 1. The van der Waals surface area contributed by atoms with E-state index in [4.69, 9.17) is 10.5 Å². The van der Waals surface area contributed by atoms with Crippen LogP contribution in [0.5, 0.6) is 0 Å². The van der Waals surface area contributed by atoms with Crippen molar-refractivity contribution < 1.29 is 4.74 Å². The minimum Gasteiger partial charge on any atom is -0.378 e. The molecule has 5 nitrogen and oxygen atoms in total. The molecule has 0 atom stereocenters. The Morgan fingerprint density at radius 2 is 2.22 bits per heavy atom. The molecule has 100 valence electrons. The van der Waals surface area contributed by atoms with Crippen molar-refractivity contribution in [1.29, 1.82) is 0 Å². The van der Waals surface area contributed by atoms with Gasteiger partial charge in [0.05, 0.1) is 10.6 Å². The lowest BCUT2D eigenvalue weighted by atomic mass is 10.1. The quantitative estimate of drug-likeness (QED) is 0.836. The fraction of sp³-hybridized carbons (Fsp3) is 0.667. The monoisotopic (exact) mass is 314 g/mol. The molecule has 6 heteroatoms. The van der Waals surface area contributed by atoms with Crippen molar-refractivity contribution in [3.63, 3.8) is 0 Å². The highest BCUT2D eigenvalue weighted by Crippen LogP contribution is 2.25. The molecule has 18 heavy (non-hydrogen) atoms. The van der Waals surface area contributed by atoms with Gasteiger partial charge in [0.1, 0.15) is 12.1 Å². The van der Waals surface area contributed by atoms with E-state index < -0.39 is 0 Å². The van der Waals surface area contributed by atoms with Gasteiger partial charge in [0.2, 0.25) is 0 Å². The molecule has 0 radical (unpaired) electrons. The van der Waals surface area contributed by atoms with E-state index in [0.717, 1.165) is 49.2 Å². The molecule has 0 bridgehead atoms. The summed E-state index contributed by atoms with van der Waals surface area (Å²) in [5.74, 6) is 0.977. The Bertz CT molecular complexity index is 369. The maximum atomic E-state index is 5.79. The third-order valence-electron chi connectivity index (χ3n) is 3.09. The molecule has 1 aromatic heterocycles. The molecule has 0 aromatic carbocycles. The molecule has 1 aliphatic rings. The average molecular weight is 315 g/mol. The maximum Gasteiger partial charge on any atom is 0.146 e. The summed E-state index contributed by atoms with van der Waals surface area (Å²) in [6.45, 7) is 3.43. The van der Waals surface area contributed by atoms with Gasteiger partial charge in [-0.25, -0.2) is 9.97 Å². The van der Waals surface area contributed by atoms with E-state index in [2.05, 4.69) is 30.8 Å². The molecule has 2 N–H and O–H groups in total. The van der Waals surface area contributed by atoms with Crippen molar-refractivity contribution in [2.45, 2.75) is 25.4 Å². The molecule has 0 spiro atoms. The van der Waals surface area contributed by atoms with Crippen LogP contribution in [-0.4, -0.2) is 42.3 Å². The number of hydrogen-bond donors (Lipinski definition) is 1. The van der Waals surface area contributed by atoms with E-state index in [1.807, 2.05) is 0 Å². The Morgan fingerprint density at radius 3 is 2.89 bits per heavy atom. The van der Waals surface area contributed by atoms with Gasteiger partial charge >= 0.3 is 0 Å². The zero-order chi connectivity index (χ0) is 12.8. The second kappa shape index (κ2) is 7.01. The van der Waals surface area contributed by atoms with Gasteiger partial charge in [0.15, 0.2) is 0 Å². The van der Waals surface area contributed by atoms with Gasteiger partial charge in [-0.1, -0.05) is 0 Å². The van der Waals surface area contributed by atoms with Crippen LogP contribution in [-0.2, 0) is 4.74 Å². The van der Waals surface area contributed by atoms with Crippen LogP contribution in [0.25, 0.3) is 0 Å². The first-order valence-corrected chi connectivity index (χ1v) is 7.12. The molecule has 0 unspecified atom stereocenters. The lowest BCUT2D eigenvalue weighted by Gasteiger charge is -2.33. The van der Waals surface area contributed by atoms with Crippen molar-refractivity contribution in [3.05, 3.63) is 17.0 Å². The van der Waals surface area contributed by atoms with E-state index in [1.54, 1.807) is 12.5 Å². The molecule has 2 rings (SSSR count). The van der Waals surface area contributed by atoms with Gasteiger partial charge in [0.25, 0.3) is 0 Å². The topological polar surface area (TPSA) is 64.3 Å². The predicted octanol–water partition coefficient (Wildman–Crippen LogP) is 1.57. The van der Waals surface area contributed by atoms with Crippen molar-refractivity contribution in [1.82, 2.24) is 9.97 Å². The minimum atomic E-state index is 0.369. The first-order valence-electron chi connectivity index (χ1n) is 6.33. The van der Waals surface area contributed by atoms with Crippen LogP contribution >= 0.6 is 15.9 Å². The summed E-state index contributed by atoms with van der Waals surface area (Å²) in [5, 5.41) is 0. The molecular weight excluding hydrogens is 296 g/mol. The average Bonchev–Trinajstić information content (AvgIpc) is 2.41. The number of aromatic nitrogens is 2.